The third-order valence-electron chi connectivity index (χ3n) is 2.10. The lowest BCUT2D eigenvalue weighted by molar-refractivity contribution is 0.102. The van der Waals surface area contributed by atoms with Crippen molar-refractivity contribution in [2.24, 2.45) is 0 Å². The third kappa shape index (κ3) is 2.13. The highest BCUT2D eigenvalue weighted by Gasteiger charge is 2.10. The molecule has 0 fully saturated rings. The van der Waals surface area contributed by atoms with Crippen molar-refractivity contribution < 1.29 is 4.79 Å². The van der Waals surface area contributed by atoms with Gasteiger partial charge in [-0.2, -0.15) is 12.6 Å². The number of ketones is 1. The Hall–Kier alpha value is -0.760. The van der Waals surface area contributed by atoms with Crippen LogP contribution in [0.5, 0.6) is 0 Å². The molecule has 0 atom stereocenters. The van der Waals surface area contributed by atoms with E-state index in [1.165, 1.54) is 5.56 Å². The highest BCUT2D eigenvalue weighted by atomic mass is 32.1. The molecule has 1 nitrogen and oxygen atoms in total. The second-order valence-corrected chi connectivity index (χ2v) is 3.67. The summed E-state index contributed by atoms with van der Waals surface area (Å²) in [5.74, 6) is 0.392. The largest absolute Gasteiger partial charge is 0.293 e. The molecule has 1 rings (SSSR count). The number of carbonyl (C=O) groups is 1. The number of benzene rings is 1. The maximum Gasteiger partial charge on any atom is 0.172 e. The van der Waals surface area contributed by atoms with Crippen LogP contribution in [-0.4, -0.2) is 11.5 Å². The second-order valence-electron chi connectivity index (χ2n) is 3.36. The number of aryl methyl sites for hydroxylation is 3. The topological polar surface area (TPSA) is 17.1 Å². The van der Waals surface area contributed by atoms with Crippen molar-refractivity contribution in [3.63, 3.8) is 0 Å². The van der Waals surface area contributed by atoms with Crippen molar-refractivity contribution in [3.05, 3.63) is 34.4 Å². The fourth-order valence-electron chi connectivity index (χ4n) is 1.70. The Labute approximate surface area is 84.6 Å². The molecule has 0 unspecified atom stereocenters. The zero-order valence-electron chi connectivity index (χ0n) is 8.22. The molecule has 0 amide bonds. The van der Waals surface area contributed by atoms with Crippen molar-refractivity contribution in [1.29, 1.82) is 0 Å². The van der Waals surface area contributed by atoms with Gasteiger partial charge in [0.1, 0.15) is 0 Å². The molecule has 0 saturated heterocycles. The average Bonchev–Trinajstić information content (AvgIpc) is 2.02. The van der Waals surface area contributed by atoms with Crippen LogP contribution < -0.4 is 0 Å². The second kappa shape index (κ2) is 3.97. The number of thiol groups is 1. The molecule has 0 heterocycles. The fourth-order valence-corrected chi connectivity index (χ4v) is 1.86. The van der Waals surface area contributed by atoms with Gasteiger partial charge in [0.25, 0.3) is 0 Å². The minimum Gasteiger partial charge on any atom is -0.293 e. The molecule has 0 bridgehead atoms. The van der Waals surface area contributed by atoms with Gasteiger partial charge in [0.2, 0.25) is 0 Å². The first-order chi connectivity index (χ1) is 6.06. The first-order valence-electron chi connectivity index (χ1n) is 4.28. The van der Waals surface area contributed by atoms with E-state index in [9.17, 15) is 4.79 Å². The van der Waals surface area contributed by atoms with E-state index in [0.717, 1.165) is 16.7 Å². The lowest BCUT2D eigenvalue weighted by Gasteiger charge is -2.08. The Balaban J connectivity index is 3.28. The van der Waals surface area contributed by atoms with Crippen molar-refractivity contribution in [2.75, 3.05) is 5.75 Å². The lowest BCUT2D eigenvalue weighted by atomic mass is 9.97. The molecule has 1 aromatic carbocycles. The van der Waals surface area contributed by atoms with Crippen molar-refractivity contribution in [3.8, 4) is 0 Å². The molecular formula is C11H14OS. The predicted molar refractivity (Wildman–Crippen MR) is 58.8 cm³/mol. The molecule has 0 N–H and O–H groups in total. The Bertz CT molecular complexity index is 319. The van der Waals surface area contributed by atoms with E-state index in [1.54, 1.807) is 0 Å². The van der Waals surface area contributed by atoms with E-state index in [4.69, 9.17) is 0 Å². The van der Waals surface area contributed by atoms with E-state index in [-0.39, 0.29) is 11.5 Å². The zero-order valence-corrected chi connectivity index (χ0v) is 9.11. The summed E-state index contributed by atoms with van der Waals surface area (Å²) in [5, 5.41) is 0. The third-order valence-corrected chi connectivity index (χ3v) is 2.39. The van der Waals surface area contributed by atoms with Crippen LogP contribution >= 0.6 is 12.6 Å². The van der Waals surface area contributed by atoms with Gasteiger partial charge in [0.05, 0.1) is 5.75 Å². The molecule has 0 aromatic heterocycles. The standard InChI is InChI=1S/C11H14OS/c1-7-4-8(2)11(9(3)5-7)10(12)6-13/h4-5,13H,6H2,1-3H3. The molecule has 0 aliphatic rings. The van der Waals surface area contributed by atoms with Gasteiger partial charge in [-0.05, 0) is 31.9 Å². The summed E-state index contributed by atoms with van der Waals surface area (Å²) in [5.41, 5.74) is 4.14. The summed E-state index contributed by atoms with van der Waals surface area (Å²) in [7, 11) is 0. The van der Waals surface area contributed by atoms with Crippen LogP contribution in [0.2, 0.25) is 0 Å². The number of rotatable bonds is 2. The minimum absolute atomic E-state index is 0.110. The maximum absolute atomic E-state index is 11.5. The fraction of sp³-hybridized carbons (Fsp3) is 0.364. The first kappa shape index (κ1) is 10.3. The van der Waals surface area contributed by atoms with Gasteiger partial charge in [0, 0.05) is 5.56 Å². The Kier molecular flexibility index (Phi) is 3.15. The monoisotopic (exact) mass is 194 g/mol. The van der Waals surface area contributed by atoms with Crippen molar-refractivity contribution in [2.45, 2.75) is 20.8 Å². The Morgan fingerprint density at radius 2 is 1.69 bits per heavy atom. The number of carbonyl (C=O) groups excluding carboxylic acids is 1. The molecule has 2 heteroatoms. The molecule has 13 heavy (non-hydrogen) atoms. The number of hydrogen-bond acceptors (Lipinski definition) is 2. The van der Waals surface area contributed by atoms with Crippen LogP contribution in [0.25, 0.3) is 0 Å². The van der Waals surface area contributed by atoms with Crippen molar-refractivity contribution >= 4 is 18.4 Å². The smallest absolute Gasteiger partial charge is 0.172 e. The average molecular weight is 194 g/mol. The van der Waals surface area contributed by atoms with E-state index >= 15 is 0 Å². The van der Waals surface area contributed by atoms with Gasteiger partial charge in [-0.25, -0.2) is 0 Å². The molecule has 0 saturated carbocycles. The SMILES string of the molecule is Cc1cc(C)c(C(=O)CS)c(C)c1. The summed E-state index contributed by atoms with van der Waals surface area (Å²) < 4.78 is 0. The maximum atomic E-state index is 11.5. The van der Waals surface area contributed by atoms with Crippen molar-refractivity contribution in [1.82, 2.24) is 0 Å². The van der Waals surface area contributed by atoms with E-state index < -0.39 is 0 Å². The number of hydrogen-bond donors (Lipinski definition) is 1. The molecule has 0 aliphatic heterocycles. The van der Waals surface area contributed by atoms with Crippen LogP contribution in [0.15, 0.2) is 12.1 Å². The lowest BCUT2D eigenvalue weighted by Crippen LogP contribution is -2.06. The van der Waals surface area contributed by atoms with E-state index in [2.05, 4.69) is 12.6 Å². The van der Waals surface area contributed by atoms with Crippen LogP contribution in [-0.2, 0) is 0 Å². The quantitative estimate of drug-likeness (QED) is 0.566. The van der Waals surface area contributed by atoms with Gasteiger partial charge < -0.3 is 0 Å². The molecule has 70 valence electrons. The molecule has 0 radical (unpaired) electrons. The molecule has 0 spiro atoms. The minimum atomic E-state index is 0.110. The first-order valence-corrected chi connectivity index (χ1v) is 4.91. The van der Waals surface area contributed by atoms with Gasteiger partial charge >= 0.3 is 0 Å². The van der Waals surface area contributed by atoms with Crippen LogP contribution in [0.4, 0.5) is 0 Å². The highest BCUT2D eigenvalue weighted by Crippen LogP contribution is 2.17. The van der Waals surface area contributed by atoms with Gasteiger partial charge in [-0.1, -0.05) is 17.7 Å². The van der Waals surface area contributed by atoms with Crippen LogP contribution in [0.1, 0.15) is 27.0 Å². The summed E-state index contributed by atoms with van der Waals surface area (Å²) in [6.07, 6.45) is 0. The highest BCUT2D eigenvalue weighted by molar-refractivity contribution is 7.81. The van der Waals surface area contributed by atoms with Crippen LogP contribution in [0, 0.1) is 20.8 Å². The summed E-state index contributed by atoms with van der Waals surface area (Å²) in [4.78, 5) is 11.5. The Morgan fingerprint density at radius 3 is 2.08 bits per heavy atom. The number of Topliss-reactive ketones (excluding diaryl/α,β-unsaturated/α-hetero) is 1. The normalized spacial score (nSPS) is 10.2. The summed E-state index contributed by atoms with van der Waals surface area (Å²) in [6.45, 7) is 5.97. The zero-order chi connectivity index (χ0) is 10.0. The van der Waals surface area contributed by atoms with Gasteiger partial charge in [-0.3, -0.25) is 4.79 Å². The van der Waals surface area contributed by atoms with Crippen LogP contribution in [0.3, 0.4) is 0 Å². The predicted octanol–water partition coefficient (Wildman–Crippen LogP) is 2.72. The van der Waals surface area contributed by atoms with E-state index in [1.807, 2.05) is 32.9 Å². The van der Waals surface area contributed by atoms with E-state index in [0.29, 0.717) is 0 Å². The molecular weight excluding hydrogens is 180 g/mol. The summed E-state index contributed by atoms with van der Waals surface area (Å²) in [6, 6.07) is 4.06. The van der Waals surface area contributed by atoms with Gasteiger partial charge in [0.15, 0.2) is 5.78 Å². The summed E-state index contributed by atoms with van der Waals surface area (Å²) >= 11 is 4.00. The van der Waals surface area contributed by atoms with Gasteiger partial charge in [-0.15, -0.1) is 0 Å². The molecule has 0 aliphatic carbocycles. The molecule has 1 aromatic rings. The Morgan fingerprint density at radius 1 is 1.23 bits per heavy atom.